The second-order valence-corrected chi connectivity index (χ2v) is 4.77. The number of non-ortho nitro benzene ring substituents is 1. The molecule has 2 rings (SSSR count). The summed E-state index contributed by atoms with van der Waals surface area (Å²) in [7, 11) is 0. The zero-order chi connectivity index (χ0) is 15.4. The maximum Gasteiger partial charge on any atom is 0.270 e. The predicted molar refractivity (Wildman–Crippen MR) is 72.4 cm³/mol. The number of alkyl halides is 2. The minimum atomic E-state index is -2.85. The number of nitrogens with one attached hydrogen (secondary N) is 1. The predicted octanol–water partition coefficient (Wildman–Crippen LogP) is 2.57. The highest BCUT2D eigenvalue weighted by atomic mass is 19.3. The second-order valence-electron chi connectivity index (χ2n) is 4.77. The first kappa shape index (κ1) is 15.1. The Labute approximate surface area is 119 Å². The van der Waals surface area contributed by atoms with E-state index in [4.69, 9.17) is 0 Å². The zero-order valence-corrected chi connectivity index (χ0v) is 11.2. The van der Waals surface area contributed by atoms with Crippen LogP contribution in [0.1, 0.15) is 24.8 Å². The average molecular weight is 299 g/mol. The number of nitro groups is 1. The van der Waals surface area contributed by atoms with Gasteiger partial charge < -0.3 is 10.2 Å². The van der Waals surface area contributed by atoms with E-state index in [1.807, 2.05) is 0 Å². The Morgan fingerprint density at radius 2 is 2.05 bits per heavy atom. The number of nitrogens with zero attached hydrogens (tertiary/aromatic N) is 2. The molecule has 0 unspecified atom stereocenters. The van der Waals surface area contributed by atoms with E-state index in [-0.39, 0.29) is 18.1 Å². The number of halogens is 2. The SMILES string of the molecule is O=C(CNc1ccc([N+](=O)[O-])cc1C(F)F)N1CCCC1. The average Bonchev–Trinajstić information content (AvgIpc) is 2.98. The van der Waals surface area contributed by atoms with Crippen molar-refractivity contribution >= 4 is 17.3 Å². The number of carbonyl (C=O) groups excluding carboxylic acids is 1. The second kappa shape index (κ2) is 6.47. The summed E-state index contributed by atoms with van der Waals surface area (Å²) in [4.78, 5) is 23.4. The van der Waals surface area contributed by atoms with Gasteiger partial charge in [-0.15, -0.1) is 0 Å². The molecule has 0 aromatic heterocycles. The van der Waals surface area contributed by atoms with Gasteiger partial charge in [0.1, 0.15) is 0 Å². The summed E-state index contributed by atoms with van der Waals surface area (Å²) < 4.78 is 25.9. The fraction of sp³-hybridized carbons (Fsp3) is 0.462. The summed E-state index contributed by atoms with van der Waals surface area (Å²) in [5.74, 6) is -0.161. The normalized spacial score (nSPS) is 14.5. The smallest absolute Gasteiger partial charge is 0.270 e. The molecule has 8 heteroatoms. The number of carbonyl (C=O) groups is 1. The highest BCUT2D eigenvalue weighted by Gasteiger charge is 2.20. The van der Waals surface area contributed by atoms with Crippen LogP contribution >= 0.6 is 0 Å². The van der Waals surface area contributed by atoms with E-state index in [1.165, 1.54) is 6.07 Å². The van der Waals surface area contributed by atoms with Crippen LogP contribution in [0.5, 0.6) is 0 Å². The van der Waals surface area contributed by atoms with Crippen molar-refractivity contribution in [2.45, 2.75) is 19.3 Å². The zero-order valence-electron chi connectivity index (χ0n) is 11.2. The van der Waals surface area contributed by atoms with Crippen molar-refractivity contribution in [2.75, 3.05) is 25.0 Å². The number of likely N-dealkylation sites (tertiary alicyclic amines) is 1. The van der Waals surface area contributed by atoms with Crippen molar-refractivity contribution in [2.24, 2.45) is 0 Å². The van der Waals surface area contributed by atoms with E-state index in [2.05, 4.69) is 5.32 Å². The lowest BCUT2D eigenvalue weighted by Gasteiger charge is -2.17. The van der Waals surface area contributed by atoms with Crippen molar-refractivity contribution in [1.29, 1.82) is 0 Å². The highest BCUT2D eigenvalue weighted by molar-refractivity contribution is 5.81. The molecule has 1 aliphatic rings. The van der Waals surface area contributed by atoms with Gasteiger partial charge >= 0.3 is 0 Å². The molecule has 1 N–H and O–H groups in total. The first-order chi connectivity index (χ1) is 9.99. The molecule has 0 aliphatic carbocycles. The van der Waals surface area contributed by atoms with Gasteiger partial charge in [-0.3, -0.25) is 14.9 Å². The third-order valence-electron chi connectivity index (χ3n) is 3.37. The fourth-order valence-corrected chi connectivity index (χ4v) is 2.25. The van der Waals surface area contributed by atoms with Gasteiger partial charge in [0.25, 0.3) is 12.1 Å². The summed E-state index contributed by atoms with van der Waals surface area (Å²) in [6.07, 6.45) is -0.953. The Morgan fingerprint density at radius 3 is 2.62 bits per heavy atom. The van der Waals surface area contributed by atoms with Gasteiger partial charge in [-0.1, -0.05) is 0 Å². The molecule has 1 aromatic carbocycles. The van der Waals surface area contributed by atoms with Crippen LogP contribution in [-0.2, 0) is 4.79 Å². The van der Waals surface area contributed by atoms with Gasteiger partial charge in [-0.2, -0.15) is 0 Å². The molecule has 1 amide bonds. The number of benzene rings is 1. The highest BCUT2D eigenvalue weighted by Crippen LogP contribution is 2.30. The Kier molecular flexibility index (Phi) is 4.66. The molecule has 1 heterocycles. The van der Waals surface area contributed by atoms with Crippen molar-refractivity contribution < 1.29 is 18.5 Å². The molecular formula is C13H15F2N3O3. The van der Waals surface area contributed by atoms with Gasteiger partial charge in [0.05, 0.1) is 11.5 Å². The van der Waals surface area contributed by atoms with Crippen LogP contribution in [0, 0.1) is 10.1 Å². The van der Waals surface area contributed by atoms with E-state index in [1.54, 1.807) is 4.90 Å². The van der Waals surface area contributed by atoms with Crippen LogP contribution in [0.15, 0.2) is 18.2 Å². The van der Waals surface area contributed by atoms with Crippen LogP contribution in [0.3, 0.4) is 0 Å². The van der Waals surface area contributed by atoms with Crippen molar-refractivity contribution in [3.63, 3.8) is 0 Å². The summed E-state index contributed by atoms with van der Waals surface area (Å²) >= 11 is 0. The largest absolute Gasteiger partial charge is 0.376 e. The van der Waals surface area contributed by atoms with E-state index in [9.17, 15) is 23.7 Å². The molecular weight excluding hydrogens is 284 g/mol. The maximum absolute atomic E-state index is 12.9. The number of anilines is 1. The summed E-state index contributed by atoms with van der Waals surface area (Å²) in [5, 5.41) is 13.3. The molecule has 0 spiro atoms. The van der Waals surface area contributed by atoms with Crippen molar-refractivity contribution in [1.82, 2.24) is 4.90 Å². The van der Waals surface area contributed by atoms with Crippen molar-refractivity contribution in [3.05, 3.63) is 33.9 Å². The molecule has 1 aliphatic heterocycles. The molecule has 0 radical (unpaired) electrons. The first-order valence-electron chi connectivity index (χ1n) is 6.57. The van der Waals surface area contributed by atoms with Crippen LogP contribution in [-0.4, -0.2) is 35.4 Å². The lowest BCUT2D eigenvalue weighted by molar-refractivity contribution is -0.385. The van der Waals surface area contributed by atoms with Gasteiger partial charge in [0.15, 0.2) is 0 Å². The molecule has 6 nitrogen and oxygen atoms in total. The molecule has 0 saturated carbocycles. The Balaban J connectivity index is 2.08. The third kappa shape index (κ3) is 3.65. The molecule has 114 valence electrons. The van der Waals surface area contributed by atoms with E-state index in [0.29, 0.717) is 13.1 Å². The number of nitro benzene ring substituents is 1. The fourth-order valence-electron chi connectivity index (χ4n) is 2.25. The summed E-state index contributed by atoms with van der Waals surface area (Å²) in [6, 6.07) is 3.17. The molecule has 0 atom stereocenters. The Hall–Kier alpha value is -2.25. The van der Waals surface area contributed by atoms with Crippen molar-refractivity contribution in [3.8, 4) is 0 Å². The lowest BCUT2D eigenvalue weighted by Crippen LogP contribution is -2.33. The molecule has 21 heavy (non-hydrogen) atoms. The standard InChI is InChI=1S/C13H15F2N3O3/c14-13(15)10-7-9(18(20)21)3-4-11(10)16-8-12(19)17-5-1-2-6-17/h3-4,7,13,16H,1-2,5-6,8H2. The first-order valence-corrected chi connectivity index (χ1v) is 6.57. The Bertz CT molecular complexity index is 545. The molecule has 1 fully saturated rings. The van der Waals surface area contributed by atoms with Crippen LogP contribution in [0.2, 0.25) is 0 Å². The third-order valence-corrected chi connectivity index (χ3v) is 3.37. The van der Waals surface area contributed by atoms with Gasteiger partial charge in [-0.05, 0) is 18.9 Å². The summed E-state index contributed by atoms with van der Waals surface area (Å²) in [6.45, 7) is 1.27. The van der Waals surface area contributed by atoms with Gasteiger partial charge in [-0.25, -0.2) is 8.78 Å². The van der Waals surface area contributed by atoms with E-state index >= 15 is 0 Å². The lowest BCUT2D eigenvalue weighted by atomic mass is 10.1. The molecule has 1 saturated heterocycles. The number of rotatable bonds is 5. The Morgan fingerprint density at radius 1 is 1.38 bits per heavy atom. The van der Waals surface area contributed by atoms with Gasteiger partial charge in [0, 0.05) is 36.5 Å². The minimum Gasteiger partial charge on any atom is -0.376 e. The van der Waals surface area contributed by atoms with Crippen LogP contribution < -0.4 is 5.32 Å². The number of hydrogen-bond acceptors (Lipinski definition) is 4. The van der Waals surface area contributed by atoms with Crippen LogP contribution in [0.25, 0.3) is 0 Å². The van der Waals surface area contributed by atoms with Gasteiger partial charge in [0.2, 0.25) is 5.91 Å². The number of hydrogen-bond donors (Lipinski definition) is 1. The maximum atomic E-state index is 12.9. The number of amides is 1. The van der Waals surface area contributed by atoms with Crippen LogP contribution in [0.4, 0.5) is 20.2 Å². The van der Waals surface area contributed by atoms with E-state index in [0.717, 1.165) is 25.0 Å². The quantitative estimate of drug-likeness (QED) is 0.669. The molecule has 0 bridgehead atoms. The van der Waals surface area contributed by atoms with E-state index < -0.39 is 22.6 Å². The minimum absolute atomic E-state index is 0.0446. The topological polar surface area (TPSA) is 75.5 Å². The summed E-state index contributed by atoms with van der Waals surface area (Å²) in [5.41, 5.74) is -0.830. The molecule has 1 aromatic rings. The monoisotopic (exact) mass is 299 g/mol.